The van der Waals surface area contributed by atoms with Crippen molar-refractivity contribution < 1.29 is 13.9 Å². The van der Waals surface area contributed by atoms with Gasteiger partial charge in [-0.1, -0.05) is 33.6 Å². The molecule has 1 N–H and O–H groups in total. The van der Waals surface area contributed by atoms with Crippen molar-refractivity contribution in [2.24, 2.45) is 0 Å². The molecule has 0 aliphatic carbocycles. The van der Waals surface area contributed by atoms with Gasteiger partial charge in [0.1, 0.15) is 12.4 Å². The molecule has 7 heteroatoms. The maximum Gasteiger partial charge on any atom is 0.220 e. The Labute approximate surface area is 170 Å². The summed E-state index contributed by atoms with van der Waals surface area (Å²) in [4.78, 5) is 16.2. The van der Waals surface area contributed by atoms with E-state index in [1.165, 1.54) is 0 Å². The normalized spacial score (nSPS) is 10.6. The van der Waals surface area contributed by atoms with Gasteiger partial charge >= 0.3 is 0 Å². The van der Waals surface area contributed by atoms with Crippen molar-refractivity contribution in [3.05, 3.63) is 70.1 Å². The van der Waals surface area contributed by atoms with Crippen LogP contribution in [0.25, 0.3) is 11.3 Å². The van der Waals surface area contributed by atoms with E-state index in [0.717, 1.165) is 15.8 Å². The van der Waals surface area contributed by atoms with Gasteiger partial charge in [-0.2, -0.15) is 0 Å². The minimum atomic E-state index is -0.0703. The van der Waals surface area contributed by atoms with Crippen molar-refractivity contribution in [3.63, 3.8) is 0 Å². The Kier molecular flexibility index (Phi) is 6.90. The average molecular weight is 450 g/mol. The van der Waals surface area contributed by atoms with E-state index in [-0.39, 0.29) is 5.91 Å². The second-order valence-corrected chi connectivity index (χ2v) is 7.13. The van der Waals surface area contributed by atoms with Crippen molar-refractivity contribution in [2.45, 2.75) is 12.8 Å². The SMILES string of the molecule is O=C(CCc1ncc(-c2ccc(Cl)cc2)o1)NCCOc1cccc(Br)c1. The van der Waals surface area contributed by atoms with E-state index in [9.17, 15) is 4.79 Å². The van der Waals surface area contributed by atoms with Crippen LogP contribution in [0.15, 0.2) is 63.6 Å². The third kappa shape index (κ3) is 6.12. The highest BCUT2D eigenvalue weighted by atomic mass is 79.9. The third-order valence-corrected chi connectivity index (χ3v) is 4.48. The van der Waals surface area contributed by atoms with Crippen molar-refractivity contribution in [3.8, 4) is 17.1 Å². The number of carbonyl (C=O) groups excluding carboxylic acids is 1. The topological polar surface area (TPSA) is 64.4 Å². The Morgan fingerprint density at radius 2 is 2.04 bits per heavy atom. The van der Waals surface area contributed by atoms with Crippen LogP contribution in [0.1, 0.15) is 12.3 Å². The number of hydrogen-bond acceptors (Lipinski definition) is 4. The molecule has 5 nitrogen and oxygen atoms in total. The summed E-state index contributed by atoms with van der Waals surface area (Å²) in [5.41, 5.74) is 0.896. The van der Waals surface area contributed by atoms with Crippen LogP contribution < -0.4 is 10.1 Å². The van der Waals surface area contributed by atoms with Gasteiger partial charge in [-0.05, 0) is 42.5 Å². The summed E-state index contributed by atoms with van der Waals surface area (Å²) < 4.78 is 12.2. The first-order chi connectivity index (χ1) is 13.1. The number of hydrogen-bond donors (Lipinski definition) is 1. The van der Waals surface area contributed by atoms with Gasteiger partial charge in [-0.3, -0.25) is 4.79 Å². The number of ether oxygens (including phenoxy) is 1. The molecule has 1 aromatic heterocycles. The fourth-order valence-electron chi connectivity index (χ4n) is 2.40. The molecular weight excluding hydrogens is 432 g/mol. The highest BCUT2D eigenvalue weighted by Gasteiger charge is 2.09. The van der Waals surface area contributed by atoms with E-state index in [2.05, 4.69) is 26.2 Å². The third-order valence-electron chi connectivity index (χ3n) is 3.74. The summed E-state index contributed by atoms with van der Waals surface area (Å²) in [6.45, 7) is 0.842. The van der Waals surface area contributed by atoms with Gasteiger partial charge in [0.25, 0.3) is 0 Å². The predicted molar refractivity (Wildman–Crippen MR) is 108 cm³/mol. The summed E-state index contributed by atoms with van der Waals surface area (Å²) in [5.74, 6) is 1.87. The molecule has 0 saturated heterocycles. The Bertz CT molecular complexity index is 896. The Hall–Kier alpha value is -2.31. The number of carbonyl (C=O) groups is 1. The number of rotatable bonds is 8. The molecule has 140 valence electrons. The van der Waals surface area contributed by atoms with Crippen molar-refractivity contribution in [1.29, 1.82) is 0 Å². The van der Waals surface area contributed by atoms with Gasteiger partial charge in [-0.15, -0.1) is 0 Å². The Morgan fingerprint density at radius 3 is 2.81 bits per heavy atom. The molecular formula is C20H18BrClN2O3. The zero-order chi connectivity index (χ0) is 19.1. The molecule has 0 atom stereocenters. The lowest BCUT2D eigenvalue weighted by Crippen LogP contribution is -2.28. The quantitative estimate of drug-likeness (QED) is 0.498. The van der Waals surface area contributed by atoms with E-state index in [1.807, 2.05) is 36.4 Å². The highest BCUT2D eigenvalue weighted by molar-refractivity contribution is 9.10. The lowest BCUT2D eigenvalue weighted by molar-refractivity contribution is -0.121. The van der Waals surface area contributed by atoms with E-state index in [1.54, 1.807) is 18.3 Å². The first kappa shape index (κ1) is 19.5. The summed E-state index contributed by atoms with van der Waals surface area (Å²) in [6.07, 6.45) is 2.39. The minimum absolute atomic E-state index is 0.0703. The number of aryl methyl sites for hydroxylation is 1. The van der Waals surface area contributed by atoms with Crippen LogP contribution in [0, 0.1) is 0 Å². The molecule has 0 radical (unpaired) electrons. The van der Waals surface area contributed by atoms with E-state index in [0.29, 0.717) is 42.7 Å². The fraction of sp³-hybridized carbons (Fsp3) is 0.200. The standard InChI is InChI=1S/C20H18BrClN2O3/c21-15-2-1-3-17(12-15)26-11-10-23-19(25)8-9-20-24-13-18(27-20)14-4-6-16(22)7-5-14/h1-7,12-13H,8-11H2,(H,23,25). The second-order valence-electron chi connectivity index (χ2n) is 5.78. The van der Waals surface area contributed by atoms with Gasteiger partial charge in [0, 0.05) is 27.9 Å². The molecule has 3 aromatic rings. The lowest BCUT2D eigenvalue weighted by Gasteiger charge is -2.07. The maximum absolute atomic E-state index is 11.9. The molecule has 2 aromatic carbocycles. The molecule has 0 fully saturated rings. The average Bonchev–Trinajstić information content (AvgIpc) is 3.13. The van der Waals surface area contributed by atoms with Crippen LogP contribution >= 0.6 is 27.5 Å². The molecule has 0 aliphatic heterocycles. The fourth-order valence-corrected chi connectivity index (χ4v) is 2.90. The molecule has 0 unspecified atom stereocenters. The zero-order valence-electron chi connectivity index (χ0n) is 14.5. The number of nitrogens with one attached hydrogen (secondary N) is 1. The van der Waals surface area contributed by atoms with Crippen LogP contribution in [0.3, 0.4) is 0 Å². The largest absolute Gasteiger partial charge is 0.492 e. The van der Waals surface area contributed by atoms with Gasteiger partial charge in [0.15, 0.2) is 11.7 Å². The number of benzene rings is 2. The number of oxazole rings is 1. The summed E-state index contributed by atoms with van der Waals surface area (Å²) >= 11 is 9.27. The number of halogens is 2. The van der Waals surface area contributed by atoms with Gasteiger partial charge in [0.2, 0.25) is 5.91 Å². The smallest absolute Gasteiger partial charge is 0.220 e. The Morgan fingerprint density at radius 1 is 1.22 bits per heavy atom. The number of nitrogens with zero attached hydrogens (tertiary/aromatic N) is 1. The van der Waals surface area contributed by atoms with Gasteiger partial charge in [-0.25, -0.2) is 4.98 Å². The number of amides is 1. The van der Waals surface area contributed by atoms with Crippen LogP contribution in [-0.2, 0) is 11.2 Å². The van der Waals surface area contributed by atoms with E-state index >= 15 is 0 Å². The molecule has 27 heavy (non-hydrogen) atoms. The van der Waals surface area contributed by atoms with E-state index in [4.69, 9.17) is 20.8 Å². The molecule has 0 saturated carbocycles. The summed E-state index contributed by atoms with van der Waals surface area (Å²) in [7, 11) is 0. The molecule has 0 aliphatic rings. The first-order valence-corrected chi connectivity index (χ1v) is 9.63. The van der Waals surface area contributed by atoms with E-state index < -0.39 is 0 Å². The monoisotopic (exact) mass is 448 g/mol. The summed E-state index contributed by atoms with van der Waals surface area (Å²) in [5, 5.41) is 3.49. The van der Waals surface area contributed by atoms with Crippen molar-refractivity contribution in [1.82, 2.24) is 10.3 Å². The molecule has 0 spiro atoms. The maximum atomic E-state index is 11.9. The molecule has 0 bridgehead atoms. The van der Waals surface area contributed by atoms with Crippen molar-refractivity contribution >= 4 is 33.4 Å². The van der Waals surface area contributed by atoms with Gasteiger partial charge < -0.3 is 14.5 Å². The second kappa shape index (κ2) is 9.58. The Balaban J connectivity index is 1.38. The molecule has 1 amide bonds. The summed E-state index contributed by atoms with van der Waals surface area (Å²) in [6, 6.07) is 14.9. The zero-order valence-corrected chi connectivity index (χ0v) is 16.8. The van der Waals surface area contributed by atoms with Gasteiger partial charge in [0.05, 0.1) is 12.7 Å². The number of aromatic nitrogens is 1. The molecule has 1 heterocycles. The highest BCUT2D eigenvalue weighted by Crippen LogP contribution is 2.22. The van der Waals surface area contributed by atoms with Crippen LogP contribution in [0.2, 0.25) is 5.02 Å². The van der Waals surface area contributed by atoms with Crippen LogP contribution in [-0.4, -0.2) is 24.0 Å². The van der Waals surface area contributed by atoms with Crippen LogP contribution in [0.5, 0.6) is 5.75 Å². The molecule has 3 rings (SSSR count). The lowest BCUT2D eigenvalue weighted by atomic mass is 10.2. The van der Waals surface area contributed by atoms with Crippen LogP contribution in [0.4, 0.5) is 0 Å². The first-order valence-electron chi connectivity index (χ1n) is 8.46. The van der Waals surface area contributed by atoms with Crippen molar-refractivity contribution in [2.75, 3.05) is 13.2 Å². The predicted octanol–water partition coefficient (Wildman–Crippen LogP) is 4.89. The minimum Gasteiger partial charge on any atom is -0.492 e.